The Bertz CT molecular complexity index is 464. The van der Waals surface area contributed by atoms with E-state index < -0.39 is 11.0 Å². The summed E-state index contributed by atoms with van der Waals surface area (Å²) in [5, 5.41) is 16.0. The average molecular weight is 254 g/mol. The molecular formula is C9H14N6O3. The summed E-state index contributed by atoms with van der Waals surface area (Å²) in [6.45, 7) is 3.81. The van der Waals surface area contributed by atoms with Crippen molar-refractivity contribution in [2.45, 2.75) is 19.9 Å². The Balaban J connectivity index is 2.92. The molecule has 18 heavy (non-hydrogen) atoms. The number of anilines is 2. The van der Waals surface area contributed by atoms with Crippen molar-refractivity contribution >= 4 is 23.4 Å². The van der Waals surface area contributed by atoms with Crippen molar-refractivity contribution in [1.29, 1.82) is 0 Å². The number of hydrogen-bond donors (Lipinski definition) is 3. The summed E-state index contributed by atoms with van der Waals surface area (Å²) < 4.78 is 0. The largest absolute Gasteiger partial charge is 0.368 e. The minimum atomic E-state index is -0.669. The van der Waals surface area contributed by atoms with Crippen LogP contribution in [0.15, 0.2) is 6.20 Å². The zero-order valence-corrected chi connectivity index (χ0v) is 10.0. The van der Waals surface area contributed by atoms with E-state index in [4.69, 9.17) is 5.73 Å². The molecule has 0 aliphatic heterocycles. The summed E-state index contributed by atoms with van der Waals surface area (Å²) >= 11 is 0. The molecule has 9 nitrogen and oxygen atoms in total. The fourth-order valence-corrected chi connectivity index (χ4v) is 1.23. The smallest absolute Gasteiger partial charge is 0.329 e. The number of amides is 1. The van der Waals surface area contributed by atoms with E-state index in [0.29, 0.717) is 6.54 Å². The molecule has 0 aromatic carbocycles. The van der Waals surface area contributed by atoms with Gasteiger partial charge in [0.1, 0.15) is 12.2 Å². The van der Waals surface area contributed by atoms with Crippen LogP contribution in [0.2, 0.25) is 0 Å². The van der Waals surface area contributed by atoms with Crippen LogP contribution in [-0.2, 0) is 4.79 Å². The fourth-order valence-electron chi connectivity index (χ4n) is 1.23. The lowest BCUT2D eigenvalue weighted by Gasteiger charge is -2.13. The van der Waals surface area contributed by atoms with Crippen LogP contribution in [0, 0.1) is 10.1 Å². The van der Waals surface area contributed by atoms with Gasteiger partial charge in [-0.15, -0.1) is 0 Å². The van der Waals surface area contributed by atoms with Crippen molar-refractivity contribution in [3.05, 3.63) is 16.3 Å². The molecule has 1 aromatic rings. The first-order chi connectivity index (χ1) is 8.45. The van der Waals surface area contributed by atoms with Gasteiger partial charge in [-0.2, -0.15) is 4.98 Å². The molecule has 0 saturated carbocycles. The normalized spacial score (nSPS) is 11.7. The lowest BCUT2D eigenvalue weighted by Crippen LogP contribution is -2.37. The first-order valence-corrected chi connectivity index (χ1v) is 5.26. The predicted molar refractivity (Wildman–Crippen MR) is 64.9 cm³/mol. The van der Waals surface area contributed by atoms with Crippen molar-refractivity contribution in [1.82, 2.24) is 15.3 Å². The second kappa shape index (κ2) is 5.75. The van der Waals surface area contributed by atoms with Gasteiger partial charge in [0.25, 0.3) is 0 Å². The van der Waals surface area contributed by atoms with Gasteiger partial charge in [-0.05, 0) is 13.8 Å². The first-order valence-electron chi connectivity index (χ1n) is 5.26. The number of rotatable bonds is 5. The molecule has 0 radical (unpaired) electrons. The third-order valence-electron chi connectivity index (χ3n) is 2.08. The van der Waals surface area contributed by atoms with Gasteiger partial charge in [-0.1, -0.05) is 0 Å². The van der Waals surface area contributed by atoms with Gasteiger partial charge < -0.3 is 16.4 Å². The van der Waals surface area contributed by atoms with Crippen molar-refractivity contribution in [2.75, 3.05) is 17.6 Å². The number of nitrogens with one attached hydrogen (secondary N) is 2. The Morgan fingerprint density at radius 2 is 2.33 bits per heavy atom. The fraction of sp³-hybridized carbons (Fsp3) is 0.444. The monoisotopic (exact) mass is 254 g/mol. The van der Waals surface area contributed by atoms with E-state index in [2.05, 4.69) is 20.6 Å². The number of carbonyl (C=O) groups excluding carboxylic acids is 1. The van der Waals surface area contributed by atoms with Crippen LogP contribution in [0.4, 0.5) is 17.5 Å². The molecule has 0 aliphatic rings. The zero-order chi connectivity index (χ0) is 13.7. The third kappa shape index (κ3) is 3.27. The van der Waals surface area contributed by atoms with Crippen molar-refractivity contribution < 1.29 is 9.72 Å². The molecule has 0 aliphatic carbocycles. The molecule has 1 heterocycles. The van der Waals surface area contributed by atoms with Gasteiger partial charge in [0.05, 0.1) is 4.92 Å². The van der Waals surface area contributed by atoms with E-state index in [1.165, 1.54) is 0 Å². The van der Waals surface area contributed by atoms with Crippen molar-refractivity contribution in [2.24, 2.45) is 0 Å². The second-order valence-corrected chi connectivity index (χ2v) is 3.48. The van der Waals surface area contributed by atoms with Crippen LogP contribution in [0.25, 0.3) is 0 Å². The maximum absolute atomic E-state index is 11.5. The van der Waals surface area contributed by atoms with Crippen LogP contribution in [0.5, 0.6) is 0 Å². The molecule has 1 rings (SSSR count). The average Bonchev–Trinajstić information content (AvgIpc) is 2.28. The molecule has 0 fully saturated rings. The van der Waals surface area contributed by atoms with Gasteiger partial charge in [0.15, 0.2) is 0 Å². The number of nitro groups is 1. The topological polar surface area (TPSA) is 136 Å². The van der Waals surface area contributed by atoms with Gasteiger partial charge in [-0.25, -0.2) is 4.98 Å². The number of carbonyl (C=O) groups is 1. The second-order valence-electron chi connectivity index (χ2n) is 3.48. The third-order valence-corrected chi connectivity index (χ3v) is 2.08. The molecule has 1 unspecified atom stereocenters. The number of likely N-dealkylation sites (N-methyl/N-ethyl adjacent to an activating group) is 1. The Hall–Kier alpha value is -2.45. The quantitative estimate of drug-likeness (QED) is 0.493. The number of nitrogen functional groups attached to an aromatic ring is 1. The summed E-state index contributed by atoms with van der Waals surface area (Å²) in [4.78, 5) is 28.8. The van der Waals surface area contributed by atoms with E-state index in [0.717, 1.165) is 6.20 Å². The zero-order valence-electron chi connectivity index (χ0n) is 10.0. The van der Waals surface area contributed by atoms with Crippen LogP contribution < -0.4 is 16.4 Å². The molecule has 0 spiro atoms. The molecule has 0 bridgehead atoms. The SMILES string of the molecule is CCNC(=O)C(C)Nc1nc(N)ncc1[N+](=O)[O-]. The number of aromatic nitrogens is 2. The molecular weight excluding hydrogens is 240 g/mol. The van der Waals surface area contributed by atoms with Crippen LogP contribution in [0.1, 0.15) is 13.8 Å². The van der Waals surface area contributed by atoms with Crippen LogP contribution >= 0.6 is 0 Å². The highest BCUT2D eigenvalue weighted by Gasteiger charge is 2.20. The molecule has 1 amide bonds. The number of nitrogens with zero attached hydrogens (tertiary/aromatic N) is 3. The standard InChI is InChI=1S/C9H14N6O3/c1-3-11-8(16)5(2)13-7-6(15(17)18)4-12-9(10)14-7/h4-5H,3H2,1-2H3,(H,11,16)(H3,10,12,13,14). The highest BCUT2D eigenvalue weighted by molar-refractivity contribution is 5.84. The lowest BCUT2D eigenvalue weighted by molar-refractivity contribution is -0.384. The van der Waals surface area contributed by atoms with E-state index >= 15 is 0 Å². The summed E-state index contributed by atoms with van der Waals surface area (Å²) in [5.74, 6) is -0.471. The molecule has 1 aromatic heterocycles. The molecule has 4 N–H and O–H groups in total. The highest BCUT2D eigenvalue weighted by atomic mass is 16.6. The Labute approximate surface area is 103 Å². The minimum Gasteiger partial charge on any atom is -0.368 e. The summed E-state index contributed by atoms with van der Waals surface area (Å²) in [6.07, 6.45) is 0.995. The van der Waals surface area contributed by atoms with Crippen LogP contribution in [0.3, 0.4) is 0 Å². The maximum Gasteiger partial charge on any atom is 0.329 e. The van der Waals surface area contributed by atoms with Crippen molar-refractivity contribution in [3.63, 3.8) is 0 Å². The minimum absolute atomic E-state index is 0.0775. The first kappa shape index (κ1) is 13.6. The van der Waals surface area contributed by atoms with Crippen LogP contribution in [-0.4, -0.2) is 33.4 Å². The number of hydrogen-bond acceptors (Lipinski definition) is 7. The molecule has 0 saturated heterocycles. The lowest BCUT2D eigenvalue weighted by atomic mass is 10.3. The number of nitrogens with two attached hydrogens (primary N) is 1. The van der Waals surface area contributed by atoms with E-state index in [-0.39, 0.29) is 23.4 Å². The summed E-state index contributed by atoms with van der Waals surface area (Å²) in [6, 6.07) is -0.669. The predicted octanol–water partition coefficient (Wildman–Crippen LogP) is -0.0965. The van der Waals surface area contributed by atoms with E-state index in [1.54, 1.807) is 13.8 Å². The van der Waals surface area contributed by atoms with E-state index in [9.17, 15) is 14.9 Å². The molecule has 98 valence electrons. The van der Waals surface area contributed by atoms with Gasteiger partial charge >= 0.3 is 5.69 Å². The summed E-state index contributed by atoms with van der Waals surface area (Å²) in [7, 11) is 0. The maximum atomic E-state index is 11.5. The van der Waals surface area contributed by atoms with Gasteiger partial charge in [0.2, 0.25) is 17.7 Å². The van der Waals surface area contributed by atoms with E-state index in [1.807, 2.05) is 0 Å². The molecule has 1 atom stereocenters. The Kier molecular flexibility index (Phi) is 4.35. The Morgan fingerprint density at radius 1 is 1.67 bits per heavy atom. The van der Waals surface area contributed by atoms with Gasteiger partial charge in [0, 0.05) is 6.54 Å². The summed E-state index contributed by atoms with van der Waals surface area (Å²) in [5.41, 5.74) is 5.02. The van der Waals surface area contributed by atoms with Crippen molar-refractivity contribution in [3.8, 4) is 0 Å². The Morgan fingerprint density at radius 3 is 2.89 bits per heavy atom. The highest BCUT2D eigenvalue weighted by Crippen LogP contribution is 2.21. The molecule has 9 heteroatoms. The van der Waals surface area contributed by atoms with Gasteiger partial charge in [-0.3, -0.25) is 14.9 Å².